The number of ketones is 1. The van der Waals surface area contributed by atoms with Crippen LogP contribution in [0.3, 0.4) is 0 Å². The van der Waals surface area contributed by atoms with Crippen LogP contribution < -0.4 is 0 Å². The van der Waals surface area contributed by atoms with E-state index in [1.54, 1.807) is 0 Å². The summed E-state index contributed by atoms with van der Waals surface area (Å²) in [6.45, 7) is 0. The summed E-state index contributed by atoms with van der Waals surface area (Å²) in [7, 11) is 0. The number of carbonyl (C=O) groups is 5. The number of carbonyl (C=O) groups excluding carboxylic acids is 1. The van der Waals surface area contributed by atoms with Gasteiger partial charge in [-0.1, -0.05) is 6.42 Å². The molecule has 4 N–H and O–H groups in total. The molecule has 0 bridgehead atoms. The SMILES string of the molecule is O=C1CCCCC1C(C(=O)O)C(C(=O)O)(C(=O)O)C(=O)O. The Bertz CT molecular complexity index is 471. The van der Waals surface area contributed by atoms with E-state index in [0.717, 1.165) is 0 Å². The standard InChI is InChI=1S/C12H14O9/c13-6-4-2-1-3-5(6)7(8(14)15)12(9(16)17,10(18)19)11(20)21/h5,7H,1-4H2,(H,14,15)(H,16,17)(H,18,19)(H,20,21). The molecule has 0 aromatic carbocycles. The fraction of sp³-hybridized carbons (Fsp3) is 0.583. The summed E-state index contributed by atoms with van der Waals surface area (Å²) in [5.41, 5.74) is -3.59. The van der Waals surface area contributed by atoms with Crippen LogP contribution in [0, 0.1) is 17.3 Å². The molecular formula is C12H14O9. The zero-order chi connectivity index (χ0) is 16.4. The van der Waals surface area contributed by atoms with Gasteiger partial charge in [0, 0.05) is 12.3 Å². The van der Waals surface area contributed by atoms with Gasteiger partial charge in [0.15, 0.2) is 0 Å². The lowest BCUT2D eigenvalue weighted by atomic mass is 9.65. The molecule has 0 aliphatic heterocycles. The second-order valence-electron chi connectivity index (χ2n) is 4.86. The summed E-state index contributed by atoms with van der Waals surface area (Å²) in [6, 6.07) is 0. The molecule has 0 aromatic rings. The van der Waals surface area contributed by atoms with E-state index >= 15 is 0 Å². The van der Waals surface area contributed by atoms with Crippen molar-refractivity contribution in [1.82, 2.24) is 0 Å². The van der Waals surface area contributed by atoms with E-state index < -0.39 is 46.9 Å². The fourth-order valence-corrected chi connectivity index (χ4v) is 2.70. The Morgan fingerprint density at radius 3 is 1.76 bits per heavy atom. The highest BCUT2D eigenvalue weighted by Crippen LogP contribution is 2.40. The van der Waals surface area contributed by atoms with Crippen LogP contribution in [-0.4, -0.2) is 50.1 Å². The molecule has 1 aliphatic carbocycles. The summed E-state index contributed by atoms with van der Waals surface area (Å²) in [5, 5.41) is 36.4. The minimum atomic E-state index is -3.59. The highest BCUT2D eigenvalue weighted by Gasteiger charge is 2.66. The van der Waals surface area contributed by atoms with Crippen molar-refractivity contribution in [2.45, 2.75) is 25.7 Å². The van der Waals surface area contributed by atoms with Gasteiger partial charge in [0.05, 0.1) is 0 Å². The number of Topliss-reactive ketones (excluding diaryl/α,β-unsaturated/α-hetero) is 1. The van der Waals surface area contributed by atoms with Crippen LogP contribution in [0.2, 0.25) is 0 Å². The number of rotatable bonds is 6. The monoisotopic (exact) mass is 302 g/mol. The van der Waals surface area contributed by atoms with Crippen LogP contribution in [0.25, 0.3) is 0 Å². The van der Waals surface area contributed by atoms with Crippen LogP contribution in [0.4, 0.5) is 0 Å². The lowest BCUT2D eigenvalue weighted by Gasteiger charge is -2.33. The van der Waals surface area contributed by atoms with E-state index in [-0.39, 0.29) is 12.8 Å². The Morgan fingerprint density at radius 2 is 1.43 bits per heavy atom. The van der Waals surface area contributed by atoms with E-state index in [4.69, 9.17) is 15.3 Å². The molecule has 0 heterocycles. The molecule has 2 atom stereocenters. The topological polar surface area (TPSA) is 166 Å². The Hall–Kier alpha value is -2.45. The lowest BCUT2D eigenvalue weighted by Crippen LogP contribution is -2.58. The van der Waals surface area contributed by atoms with Crippen molar-refractivity contribution in [2.24, 2.45) is 17.3 Å². The van der Waals surface area contributed by atoms with Gasteiger partial charge >= 0.3 is 23.9 Å². The zero-order valence-corrected chi connectivity index (χ0v) is 10.8. The van der Waals surface area contributed by atoms with Gasteiger partial charge in [-0.25, -0.2) is 0 Å². The lowest BCUT2D eigenvalue weighted by molar-refractivity contribution is -0.188. The third kappa shape index (κ3) is 2.58. The molecule has 9 nitrogen and oxygen atoms in total. The molecule has 1 fully saturated rings. The van der Waals surface area contributed by atoms with Gasteiger partial charge in [0.1, 0.15) is 11.7 Å². The summed E-state index contributed by atoms with van der Waals surface area (Å²) in [5.74, 6) is -13.3. The van der Waals surface area contributed by atoms with E-state index in [1.165, 1.54) is 0 Å². The minimum absolute atomic E-state index is 0.0244. The maximum atomic E-state index is 11.8. The number of hydrogen-bond acceptors (Lipinski definition) is 5. The van der Waals surface area contributed by atoms with Crippen LogP contribution in [0.5, 0.6) is 0 Å². The molecule has 2 unspecified atom stereocenters. The average molecular weight is 302 g/mol. The molecule has 1 aliphatic rings. The van der Waals surface area contributed by atoms with Gasteiger partial charge in [0.2, 0.25) is 0 Å². The highest BCUT2D eigenvalue weighted by molar-refractivity contribution is 6.19. The highest BCUT2D eigenvalue weighted by atomic mass is 16.4. The summed E-state index contributed by atoms with van der Waals surface area (Å²) < 4.78 is 0. The third-order valence-electron chi connectivity index (χ3n) is 3.75. The molecular weight excluding hydrogens is 288 g/mol. The maximum absolute atomic E-state index is 11.8. The van der Waals surface area contributed by atoms with Gasteiger partial charge in [0.25, 0.3) is 5.41 Å². The number of carboxylic acid groups (broad SMARTS) is 4. The van der Waals surface area contributed by atoms with Crippen molar-refractivity contribution in [2.75, 3.05) is 0 Å². The molecule has 1 saturated carbocycles. The smallest absolute Gasteiger partial charge is 0.333 e. The van der Waals surface area contributed by atoms with Gasteiger partial charge in [-0.15, -0.1) is 0 Å². The van der Waals surface area contributed by atoms with Gasteiger partial charge < -0.3 is 20.4 Å². The summed E-state index contributed by atoms with van der Waals surface area (Å²) in [6.07, 6.45) is 0.797. The predicted octanol–water partition coefficient (Wildman–Crippen LogP) is -0.313. The Morgan fingerprint density at radius 1 is 0.952 bits per heavy atom. The van der Waals surface area contributed by atoms with E-state index in [9.17, 15) is 29.1 Å². The Labute approximate surface area is 118 Å². The molecule has 1 rings (SSSR count). The Kier molecular flexibility index (Phi) is 4.66. The molecule has 0 radical (unpaired) electrons. The van der Waals surface area contributed by atoms with Crippen molar-refractivity contribution >= 4 is 29.7 Å². The fourth-order valence-electron chi connectivity index (χ4n) is 2.70. The molecule has 9 heteroatoms. The molecule has 0 saturated heterocycles. The molecule has 21 heavy (non-hydrogen) atoms. The van der Waals surface area contributed by atoms with Gasteiger partial charge in [-0.05, 0) is 12.8 Å². The summed E-state index contributed by atoms with van der Waals surface area (Å²) in [4.78, 5) is 57.0. The van der Waals surface area contributed by atoms with Crippen LogP contribution in [0.1, 0.15) is 25.7 Å². The maximum Gasteiger partial charge on any atom is 0.333 e. The van der Waals surface area contributed by atoms with Crippen LogP contribution in [0.15, 0.2) is 0 Å². The van der Waals surface area contributed by atoms with Crippen molar-refractivity contribution in [1.29, 1.82) is 0 Å². The summed E-state index contributed by atoms with van der Waals surface area (Å²) >= 11 is 0. The number of aliphatic carboxylic acids is 4. The third-order valence-corrected chi connectivity index (χ3v) is 3.75. The molecule has 0 spiro atoms. The van der Waals surface area contributed by atoms with Crippen molar-refractivity contribution in [3.8, 4) is 0 Å². The van der Waals surface area contributed by atoms with Crippen molar-refractivity contribution < 1.29 is 44.4 Å². The average Bonchev–Trinajstić information content (AvgIpc) is 2.35. The predicted molar refractivity (Wildman–Crippen MR) is 63.4 cm³/mol. The Balaban J connectivity index is 3.50. The van der Waals surface area contributed by atoms with Crippen LogP contribution >= 0.6 is 0 Å². The second-order valence-corrected chi connectivity index (χ2v) is 4.86. The van der Waals surface area contributed by atoms with Crippen LogP contribution in [-0.2, 0) is 24.0 Å². The van der Waals surface area contributed by atoms with E-state index in [2.05, 4.69) is 0 Å². The van der Waals surface area contributed by atoms with Gasteiger partial charge in [-0.3, -0.25) is 24.0 Å². The number of carboxylic acids is 4. The van der Waals surface area contributed by atoms with Crippen molar-refractivity contribution in [3.63, 3.8) is 0 Å². The first-order valence-electron chi connectivity index (χ1n) is 6.13. The number of hydrogen-bond donors (Lipinski definition) is 4. The first-order valence-corrected chi connectivity index (χ1v) is 6.13. The van der Waals surface area contributed by atoms with E-state index in [1.807, 2.05) is 0 Å². The van der Waals surface area contributed by atoms with E-state index in [0.29, 0.717) is 12.8 Å². The normalized spacial score (nSPS) is 20.6. The minimum Gasteiger partial charge on any atom is -0.481 e. The van der Waals surface area contributed by atoms with Crippen molar-refractivity contribution in [3.05, 3.63) is 0 Å². The molecule has 116 valence electrons. The molecule has 0 amide bonds. The van der Waals surface area contributed by atoms with Gasteiger partial charge in [-0.2, -0.15) is 0 Å². The first-order chi connectivity index (χ1) is 9.67. The largest absolute Gasteiger partial charge is 0.481 e. The quantitative estimate of drug-likeness (QED) is 0.481. The second kappa shape index (κ2) is 5.90. The first kappa shape index (κ1) is 16.6. The zero-order valence-electron chi connectivity index (χ0n) is 10.8. The molecule has 0 aromatic heterocycles.